The maximum Gasteiger partial charge on any atom is 0.317 e. The van der Waals surface area contributed by atoms with Gasteiger partial charge in [0.15, 0.2) is 0 Å². The number of likely N-dealkylation sites (tertiary alicyclic amines) is 1. The Balaban J connectivity index is 1.40. The molecule has 0 spiro atoms. The number of aromatic amines is 1. The van der Waals surface area contributed by atoms with Crippen LogP contribution in [0.1, 0.15) is 42.6 Å². The molecular weight excluding hydrogens is 282 g/mol. The van der Waals surface area contributed by atoms with Crippen molar-refractivity contribution in [1.29, 1.82) is 0 Å². The Morgan fingerprint density at radius 3 is 2.86 bits per heavy atom. The fourth-order valence-corrected chi connectivity index (χ4v) is 3.63. The molecule has 1 aliphatic heterocycles. The molecule has 2 atom stereocenters. The van der Waals surface area contributed by atoms with E-state index in [2.05, 4.69) is 20.8 Å². The van der Waals surface area contributed by atoms with E-state index in [9.17, 15) is 9.59 Å². The quantitative estimate of drug-likeness (QED) is 0.728. The summed E-state index contributed by atoms with van der Waals surface area (Å²) in [6.07, 6.45) is 7.52. The first-order chi connectivity index (χ1) is 10.8. The molecule has 0 bridgehead atoms. The topological polar surface area (TPSA) is 90.1 Å². The van der Waals surface area contributed by atoms with Gasteiger partial charge in [0.05, 0.1) is 0 Å². The van der Waals surface area contributed by atoms with Crippen molar-refractivity contribution < 1.29 is 9.59 Å². The van der Waals surface area contributed by atoms with Crippen molar-refractivity contribution in [3.63, 3.8) is 0 Å². The maximum absolute atomic E-state index is 12.3. The normalized spacial score (nSPS) is 23.9. The number of urea groups is 1. The summed E-state index contributed by atoms with van der Waals surface area (Å²) in [6, 6.07) is 2.04. The average Bonchev–Trinajstić information content (AvgIpc) is 3.21. The largest absolute Gasteiger partial charge is 0.349 e. The van der Waals surface area contributed by atoms with Crippen molar-refractivity contribution in [2.45, 2.75) is 38.1 Å². The number of nitrogens with one attached hydrogen (secondary N) is 3. The first kappa shape index (κ1) is 14.9. The van der Waals surface area contributed by atoms with Crippen molar-refractivity contribution >= 4 is 11.9 Å². The van der Waals surface area contributed by atoms with Crippen LogP contribution in [0.25, 0.3) is 0 Å². The molecule has 3 N–H and O–H groups in total. The predicted molar refractivity (Wildman–Crippen MR) is 81.4 cm³/mol. The van der Waals surface area contributed by atoms with Gasteiger partial charge in [0, 0.05) is 31.9 Å². The third kappa shape index (κ3) is 3.23. The molecule has 1 aliphatic carbocycles. The van der Waals surface area contributed by atoms with Crippen LogP contribution in [-0.2, 0) is 0 Å². The zero-order chi connectivity index (χ0) is 15.4. The first-order valence-corrected chi connectivity index (χ1v) is 8.08. The summed E-state index contributed by atoms with van der Waals surface area (Å²) in [4.78, 5) is 26.0. The smallest absolute Gasteiger partial charge is 0.317 e. The molecule has 1 saturated heterocycles. The highest BCUT2D eigenvalue weighted by Crippen LogP contribution is 2.36. The van der Waals surface area contributed by atoms with Crippen molar-refractivity contribution in [3.05, 3.63) is 18.0 Å². The van der Waals surface area contributed by atoms with Gasteiger partial charge in [-0.1, -0.05) is 6.42 Å². The molecule has 7 nitrogen and oxygen atoms in total. The number of fused-ring (bicyclic) bond motifs is 1. The molecule has 120 valence electrons. The predicted octanol–water partition coefficient (Wildman–Crippen LogP) is 1.11. The van der Waals surface area contributed by atoms with E-state index in [-0.39, 0.29) is 11.9 Å². The highest BCUT2D eigenvalue weighted by molar-refractivity contribution is 5.92. The summed E-state index contributed by atoms with van der Waals surface area (Å²) >= 11 is 0. The third-order valence-electron chi connectivity index (χ3n) is 4.69. The molecule has 2 heterocycles. The summed E-state index contributed by atoms with van der Waals surface area (Å²) < 4.78 is 0. The monoisotopic (exact) mass is 305 g/mol. The summed E-state index contributed by atoms with van der Waals surface area (Å²) in [5.74, 6) is 0.486. The second kappa shape index (κ2) is 6.81. The van der Waals surface area contributed by atoms with Gasteiger partial charge in [-0.2, -0.15) is 5.10 Å². The van der Waals surface area contributed by atoms with E-state index in [0.29, 0.717) is 30.7 Å². The van der Waals surface area contributed by atoms with Crippen molar-refractivity contribution in [2.75, 3.05) is 19.6 Å². The number of rotatable bonds is 4. The first-order valence-electron chi connectivity index (χ1n) is 8.08. The molecule has 1 saturated carbocycles. The van der Waals surface area contributed by atoms with Gasteiger partial charge in [0.1, 0.15) is 5.69 Å². The average molecular weight is 305 g/mol. The van der Waals surface area contributed by atoms with Crippen LogP contribution in [0.4, 0.5) is 4.79 Å². The van der Waals surface area contributed by atoms with Crippen LogP contribution in [0.15, 0.2) is 12.3 Å². The van der Waals surface area contributed by atoms with Crippen LogP contribution in [-0.4, -0.2) is 52.7 Å². The molecule has 0 unspecified atom stereocenters. The van der Waals surface area contributed by atoms with Crippen LogP contribution in [0, 0.1) is 5.92 Å². The molecule has 7 heteroatoms. The number of nitrogens with zero attached hydrogens (tertiary/aromatic N) is 2. The van der Waals surface area contributed by atoms with Crippen molar-refractivity contribution in [2.24, 2.45) is 5.92 Å². The fraction of sp³-hybridized carbons (Fsp3) is 0.667. The van der Waals surface area contributed by atoms with E-state index in [0.717, 1.165) is 19.4 Å². The molecule has 3 amide bonds. The minimum Gasteiger partial charge on any atom is -0.349 e. The van der Waals surface area contributed by atoms with E-state index < -0.39 is 0 Å². The molecule has 2 aliphatic rings. The SMILES string of the molecule is O=C(NCCNC(=O)N1CCC[C@@H]2CCC[C@@H]21)c1ccn[nH]1. The van der Waals surface area contributed by atoms with Gasteiger partial charge in [-0.3, -0.25) is 9.89 Å². The summed E-state index contributed by atoms with van der Waals surface area (Å²) in [7, 11) is 0. The number of hydrogen-bond donors (Lipinski definition) is 3. The van der Waals surface area contributed by atoms with Gasteiger partial charge in [0.25, 0.3) is 5.91 Å². The van der Waals surface area contributed by atoms with Gasteiger partial charge in [-0.15, -0.1) is 0 Å². The summed E-state index contributed by atoms with van der Waals surface area (Å²) in [5, 5.41) is 12.0. The lowest BCUT2D eigenvalue weighted by molar-refractivity contribution is 0.0947. The van der Waals surface area contributed by atoms with Crippen molar-refractivity contribution in [1.82, 2.24) is 25.7 Å². The van der Waals surface area contributed by atoms with E-state index in [1.165, 1.54) is 25.5 Å². The summed E-state index contributed by atoms with van der Waals surface area (Å²) in [6.45, 7) is 1.70. The molecule has 1 aromatic rings. The standard InChI is InChI=1S/C15H23N5O2/c21-14(12-6-7-18-19-12)16-8-9-17-15(22)20-10-2-4-11-3-1-5-13(11)20/h6-7,11,13H,1-5,8-10H2,(H,16,21)(H,17,22)(H,18,19)/t11-,13-/m0/s1. The van der Waals surface area contributed by atoms with Crippen LogP contribution in [0.5, 0.6) is 0 Å². The van der Waals surface area contributed by atoms with Gasteiger partial charge in [0.2, 0.25) is 0 Å². The summed E-state index contributed by atoms with van der Waals surface area (Å²) in [5.41, 5.74) is 0.427. The molecule has 1 aromatic heterocycles. The molecule has 22 heavy (non-hydrogen) atoms. The zero-order valence-corrected chi connectivity index (χ0v) is 12.7. The van der Waals surface area contributed by atoms with Gasteiger partial charge >= 0.3 is 6.03 Å². The number of carbonyl (C=O) groups is 2. The second-order valence-electron chi connectivity index (χ2n) is 6.05. The highest BCUT2D eigenvalue weighted by Gasteiger charge is 2.37. The van der Waals surface area contributed by atoms with Gasteiger partial charge in [-0.25, -0.2) is 4.79 Å². The van der Waals surface area contributed by atoms with Gasteiger partial charge < -0.3 is 15.5 Å². The van der Waals surface area contributed by atoms with Crippen LogP contribution >= 0.6 is 0 Å². The number of amides is 3. The van der Waals surface area contributed by atoms with E-state index in [1.807, 2.05) is 4.90 Å². The Labute approximate surface area is 129 Å². The highest BCUT2D eigenvalue weighted by atomic mass is 16.2. The Bertz CT molecular complexity index is 516. The Kier molecular flexibility index (Phi) is 4.60. The molecule has 3 rings (SSSR count). The fourth-order valence-electron chi connectivity index (χ4n) is 3.63. The number of aromatic nitrogens is 2. The minimum absolute atomic E-state index is 0.00684. The number of carbonyl (C=O) groups excluding carboxylic acids is 2. The Morgan fingerprint density at radius 2 is 2.05 bits per heavy atom. The maximum atomic E-state index is 12.3. The van der Waals surface area contributed by atoms with Crippen LogP contribution in [0.2, 0.25) is 0 Å². The Hall–Kier alpha value is -2.05. The van der Waals surface area contributed by atoms with Crippen molar-refractivity contribution in [3.8, 4) is 0 Å². The lowest BCUT2D eigenvalue weighted by atomic mass is 9.92. The Morgan fingerprint density at radius 1 is 1.23 bits per heavy atom. The minimum atomic E-state index is -0.208. The molecular formula is C15H23N5O2. The molecule has 2 fully saturated rings. The van der Waals surface area contributed by atoms with E-state index >= 15 is 0 Å². The lowest BCUT2D eigenvalue weighted by Gasteiger charge is -2.37. The molecule has 0 aromatic carbocycles. The lowest BCUT2D eigenvalue weighted by Crippen LogP contribution is -2.51. The third-order valence-corrected chi connectivity index (χ3v) is 4.69. The van der Waals surface area contributed by atoms with Gasteiger partial charge in [-0.05, 0) is 37.7 Å². The molecule has 0 radical (unpaired) electrons. The van der Waals surface area contributed by atoms with E-state index in [4.69, 9.17) is 0 Å². The van der Waals surface area contributed by atoms with E-state index in [1.54, 1.807) is 6.07 Å². The number of piperidine rings is 1. The van der Waals surface area contributed by atoms with Crippen LogP contribution < -0.4 is 10.6 Å². The number of H-pyrrole nitrogens is 1. The van der Waals surface area contributed by atoms with Crippen LogP contribution in [0.3, 0.4) is 0 Å². The zero-order valence-electron chi connectivity index (χ0n) is 12.7. The number of hydrogen-bond acceptors (Lipinski definition) is 3. The second-order valence-corrected chi connectivity index (χ2v) is 6.05.